The lowest BCUT2D eigenvalue weighted by atomic mass is 9.68. The molecule has 2 heteroatoms. The van der Waals surface area contributed by atoms with E-state index in [1.165, 1.54) is 6.07 Å². The Balaban J connectivity index is 2.36. The van der Waals surface area contributed by atoms with Crippen molar-refractivity contribution in [2.24, 2.45) is 5.92 Å². The first-order chi connectivity index (χ1) is 7.18. The van der Waals surface area contributed by atoms with Crippen LogP contribution in [0.2, 0.25) is 0 Å². The molecule has 1 aliphatic carbocycles. The molecule has 0 spiro atoms. The predicted molar refractivity (Wildman–Crippen MR) is 57.9 cm³/mol. The Kier molecular flexibility index (Phi) is 2.79. The van der Waals surface area contributed by atoms with Crippen LogP contribution in [0.3, 0.4) is 0 Å². The first-order valence-electron chi connectivity index (χ1n) is 5.66. The third kappa shape index (κ3) is 1.67. The fourth-order valence-electron chi connectivity index (χ4n) is 2.40. The molecular weight excluding hydrogens is 191 g/mol. The maximum atomic E-state index is 13.6. The number of hydrogen-bond donors (Lipinski definition) is 1. The molecule has 0 radical (unpaired) electrons. The smallest absolute Gasteiger partial charge is 0.129 e. The lowest BCUT2D eigenvalue weighted by Crippen LogP contribution is -2.39. The van der Waals surface area contributed by atoms with Gasteiger partial charge in [-0.1, -0.05) is 31.5 Å². The quantitative estimate of drug-likeness (QED) is 0.808. The third-order valence-electron chi connectivity index (χ3n) is 3.66. The molecule has 0 bridgehead atoms. The third-order valence-corrected chi connectivity index (χ3v) is 3.66. The minimum Gasteiger partial charge on any atom is -0.385 e. The van der Waals surface area contributed by atoms with Gasteiger partial charge < -0.3 is 5.11 Å². The van der Waals surface area contributed by atoms with Crippen molar-refractivity contribution >= 4 is 0 Å². The number of rotatable bonds is 3. The SMILES string of the molecule is CCC(O)(c1ccccc1F)C1CCC1. The summed E-state index contributed by atoms with van der Waals surface area (Å²) >= 11 is 0. The van der Waals surface area contributed by atoms with E-state index in [2.05, 4.69) is 0 Å². The van der Waals surface area contributed by atoms with E-state index in [4.69, 9.17) is 0 Å². The summed E-state index contributed by atoms with van der Waals surface area (Å²) in [7, 11) is 0. The number of halogens is 1. The van der Waals surface area contributed by atoms with Gasteiger partial charge in [-0.15, -0.1) is 0 Å². The van der Waals surface area contributed by atoms with Gasteiger partial charge >= 0.3 is 0 Å². The minimum absolute atomic E-state index is 0.236. The van der Waals surface area contributed by atoms with Crippen LogP contribution >= 0.6 is 0 Å². The summed E-state index contributed by atoms with van der Waals surface area (Å²) in [6.07, 6.45) is 3.76. The fourth-order valence-corrected chi connectivity index (χ4v) is 2.40. The monoisotopic (exact) mass is 208 g/mol. The largest absolute Gasteiger partial charge is 0.385 e. The van der Waals surface area contributed by atoms with Crippen LogP contribution in [0.5, 0.6) is 0 Å². The summed E-state index contributed by atoms with van der Waals surface area (Å²) in [5.41, 5.74) is -0.485. The molecule has 1 aliphatic rings. The molecule has 0 aliphatic heterocycles. The molecule has 0 amide bonds. The van der Waals surface area contributed by atoms with Gasteiger partial charge in [-0.3, -0.25) is 0 Å². The first-order valence-corrected chi connectivity index (χ1v) is 5.66. The van der Waals surface area contributed by atoms with Crippen molar-refractivity contribution in [1.82, 2.24) is 0 Å². The van der Waals surface area contributed by atoms with Gasteiger partial charge in [0.15, 0.2) is 0 Å². The summed E-state index contributed by atoms with van der Waals surface area (Å²) in [5.74, 6) is -0.0480. The molecule has 1 saturated carbocycles. The van der Waals surface area contributed by atoms with Gasteiger partial charge in [0.1, 0.15) is 5.82 Å². The lowest BCUT2D eigenvalue weighted by molar-refractivity contribution is -0.0620. The van der Waals surface area contributed by atoms with Crippen molar-refractivity contribution in [3.63, 3.8) is 0 Å². The summed E-state index contributed by atoms with van der Waals surface area (Å²) in [6, 6.07) is 6.58. The van der Waals surface area contributed by atoms with Crippen LogP contribution in [0.1, 0.15) is 38.2 Å². The fraction of sp³-hybridized carbons (Fsp3) is 0.538. The van der Waals surface area contributed by atoms with Gasteiger partial charge in [0.25, 0.3) is 0 Å². The van der Waals surface area contributed by atoms with Crippen LogP contribution in [0.4, 0.5) is 4.39 Å². The van der Waals surface area contributed by atoms with Crippen LogP contribution in [-0.2, 0) is 5.60 Å². The van der Waals surface area contributed by atoms with E-state index < -0.39 is 5.60 Å². The van der Waals surface area contributed by atoms with E-state index in [1.54, 1.807) is 18.2 Å². The average molecular weight is 208 g/mol. The molecule has 15 heavy (non-hydrogen) atoms. The van der Waals surface area contributed by atoms with E-state index >= 15 is 0 Å². The molecule has 0 aromatic heterocycles. The molecule has 1 aromatic rings. The van der Waals surface area contributed by atoms with E-state index in [-0.39, 0.29) is 11.7 Å². The molecule has 0 saturated heterocycles. The Morgan fingerprint density at radius 1 is 1.40 bits per heavy atom. The van der Waals surface area contributed by atoms with Crippen molar-refractivity contribution in [1.29, 1.82) is 0 Å². The van der Waals surface area contributed by atoms with Gasteiger partial charge in [0, 0.05) is 5.56 Å². The Morgan fingerprint density at radius 2 is 2.07 bits per heavy atom. The second kappa shape index (κ2) is 3.93. The molecule has 1 fully saturated rings. The summed E-state index contributed by atoms with van der Waals surface area (Å²) in [4.78, 5) is 0. The second-order valence-electron chi connectivity index (χ2n) is 4.39. The number of benzene rings is 1. The van der Waals surface area contributed by atoms with Crippen molar-refractivity contribution in [2.75, 3.05) is 0 Å². The molecule has 1 unspecified atom stereocenters. The highest BCUT2D eigenvalue weighted by atomic mass is 19.1. The molecule has 1 nitrogen and oxygen atoms in total. The molecule has 1 N–H and O–H groups in total. The Morgan fingerprint density at radius 3 is 2.53 bits per heavy atom. The Bertz CT molecular complexity index is 346. The van der Waals surface area contributed by atoms with Gasteiger partial charge in [-0.25, -0.2) is 4.39 Å². The second-order valence-corrected chi connectivity index (χ2v) is 4.39. The Hall–Kier alpha value is -0.890. The lowest BCUT2D eigenvalue weighted by Gasteiger charge is -2.41. The summed E-state index contributed by atoms with van der Waals surface area (Å²) < 4.78 is 13.6. The van der Waals surface area contributed by atoms with Crippen molar-refractivity contribution in [3.05, 3.63) is 35.6 Å². The van der Waals surface area contributed by atoms with Crippen LogP contribution in [0, 0.1) is 11.7 Å². The zero-order valence-corrected chi connectivity index (χ0v) is 9.04. The number of hydrogen-bond acceptors (Lipinski definition) is 1. The van der Waals surface area contributed by atoms with Crippen molar-refractivity contribution in [3.8, 4) is 0 Å². The highest BCUT2D eigenvalue weighted by Gasteiger charge is 2.41. The van der Waals surface area contributed by atoms with Gasteiger partial charge in [0.2, 0.25) is 0 Å². The average Bonchev–Trinajstić information content (AvgIpc) is 2.15. The summed E-state index contributed by atoms with van der Waals surface area (Å²) in [6.45, 7) is 1.92. The highest BCUT2D eigenvalue weighted by Crippen LogP contribution is 2.45. The van der Waals surface area contributed by atoms with Crippen molar-refractivity contribution in [2.45, 2.75) is 38.2 Å². The molecule has 1 atom stereocenters. The van der Waals surface area contributed by atoms with Gasteiger partial charge in [-0.05, 0) is 31.2 Å². The molecule has 2 rings (SSSR count). The van der Waals surface area contributed by atoms with Crippen LogP contribution < -0.4 is 0 Å². The van der Waals surface area contributed by atoms with E-state index in [0.717, 1.165) is 19.3 Å². The van der Waals surface area contributed by atoms with Crippen LogP contribution in [-0.4, -0.2) is 5.11 Å². The van der Waals surface area contributed by atoms with Crippen LogP contribution in [0.25, 0.3) is 0 Å². The predicted octanol–water partition coefficient (Wildman–Crippen LogP) is 3.22. The molecule has 1 aromatic carbocycles. The van der Waals surface area contributed by atoms with Crippen LogP contribution in [0.15, 0.2) is 24.3 Å². The number of aliphatic hydroxyl groups is 1. The normalized spacial score (nSPS) is 20.7. The van der Waals surface area contributed by atoms with E-state index in [1.807, 2.05) is 6.92 Å². The summed E-state index contributed by atoms with van der Waals surface area (Å²) in [5, 5.41) is 10.6. The first kappa shape index (κ1) is 10.6. The van der Waals surface area contributed by atoms with Gasteiger partial charge in [0.05, 0.1) is 5.60 Å². The molecule has 82 valence electrons. The molecular formula is C13H17FO. The maximum absolute atomic E-state index is 13.6. The Labute approximate surface area is 89.9 Å². The highest BCUT2D eigenvalue weighted by molar-refractivity contribution is 5.25. The van der Waals surface area contributed by atoms with E-state index in [0.29, 0.717) is 12.0 Å². The maximum Gasteiger partial charge on any atom is 0.129 e. The zero-order valence-electron chi connectivity index (χ0n) is 9.04. The topological polar surface area (TPSA) is 20.2 Å². The van der Waals surface area contributed by atoms with Gasteiger partial charge in [-0.2, -0.15) is 0 Å². The molecule has 0 heterocycles. The van der Waals surface area contributed by atoms with Crippen molar-refractivity contribution < 1.29 is 9.50 Å². The minimum atomic E-state index is -0.955. The van der Waals surface area contributed by atoms with E-state index in [9.17, 15) is 9.50 Å². The standard InChI is InChI=1S/C13H17FO/c1-2-13(15,10-6-5-7-10)11-8-3-4-9-12(11)14/h3-4,8-10,15H,2,5-7H2,1H3. The zero-order chi connectivity index (χ0) is 10.9.